The fourth-order valence-electron chi connectivity index (χ4n) is 2.92. The minimum Gasteiger partial charge on any atom is -0.352 e. The molecule has 2 atom stereocenters. The number of nitrogens with one attached hydrogen (secondary N) is 1. The number of tetrazole rings is 1. The molecule has 1 aromatic heterocycles. The molecule has 1 saturated heterocycles. The van der Waals surface area contributed by atoms with E-state index >= 15 is 0 Å². The van der Waals surface area contributed by atoms with Gasteiger partial charge in [-0.25, -0.2) is 4.68 Å². The van der Waals surface area contributed by atoms with Gasteiger partial charge >= 0.3 is 0 Å². The molecule has 25 heavy (non-hydrogen) atoms. The van der Waals surface area contributed by atoms with Crippen LogP contribution < -0.4 is 11.1 Å². The molecule has 3 N–H and O–H groups in total. The lowest BCUT2D eigenvalue weighted by atomic mass is 10.1. The van der Waals surface area contributed by atoms with Crippen molar-refractivity contribution in [1.82, 2.24) is 30.4 Å². The van der Waals surface area contributed by atoms with Gasteiger partial charge in [0.25, 0.3) is 5.91 Å². The average molecular weight is 343 g/mol. The zero-order valence-corrected chi connectivity index (χ0v) is 14.2. The Hall–Kier alpha value is -2.81. The van der Waals surface area contributed by atoms with Crippen LogP contribution in [0.2, 0.25) is 0 Å². The molecule has 3 rings (SSSR count). The van der Waals surface area contributed by atoms with E-state index in [0.29, 0.717) is 18.5 Å². The summed E-state index contributed by atoms with van der Waals surface area (Å²) in [6.45, 7) is 4.14. The van der Waals surface area contributed by atoms with Crippen LogP contribution in [0.25, 0.3) is 5.69 Å². The molecule has 0 saturated carbocycles. The largest absolute Gasteiger partial charge is 0.352 e. The topological polar surface area (TPSA) is 119 Å². The van der Waals surface area contributed by atoms with Gasteiger partial charge in [-0.15, -0.1) is 5.10 Å². The third-order valence-electron chi connectivity index (χ3n) is 4.06. The quantitative estimate of drug-likeness (QED) is 0.789. The van der Waals surface area contributed by atoms with Gasteiger partial charge in [0.05, 0.1) is 5.69 Å². The Kier molecular flexibility index (Phi) is 4.75. The predicted molar refractivity (Wildman–Crippen MR) is 89.8 cm³/mol. The van der Waals surface area contributed by atoms with Gasteiger partial charge in [0.1, 0.15) is 12.4 Å². The minimum absolute atomic E-state index is 0.0110. The molecule has 2 heterocycles. The number of aromatic nitrogens is 4. The van der Waals surface area contributed by atoms with E-state index in [0.717, 1.165) is 5.69 Å². The maximum absolute atomic E-state index is 12.8. The van der Waals surface area contributed by atoms with E-state index in [9.17, 15) is 9.59 Å². The second kappa shape index (κ2) is 6.98. The van der Waals surface area contributed by atoms with Crippen molar-refractivity contribution in [3.05, 3.63) is 36.2 Å². The summed E-state index contributed by atoms with van der Waals surface area (Å²) in [5.74, 6) is -0.373. The summed E-state index contributed by atoms with van der Waals surface area (Å²) in [5.41, 5.74) is 7.23. The predicted octanol–water partition coefficient (Wildman–Crippen LogP) is -0.271. The smallest absolute Gasteiger partial charge is 0.254 e. The number of nitrogens with two attached hydrogens (primary N) is 1. The van der Waals surface area contributed by atoms with Gasteiger partial charge in [-0.1, -0.05) is 0 Å². The van der Waals surface area contributed by atoms with Crippen molar-refractivity contribution in [3.63, 3.8) is 0 Å². The van der Waals surface area contributed by atoms with Gasteiger partial charge in [0.2, 0.25) is 5.91 Å². The number of likely N-dealkylation sites (tertiary alicyclic amines) is 1. The van der Waals surface area contributed by atoms with Crippen molar-refractivity contribution < 1.29 is 9.59 Å². The lowest BCUT2D eigenvalue weighted by Gasteiger charge is -2.24. The second-order valence-corrected chi connectivity index (χ2v) is 6.43. The molecule has 2 amide bonds. The Bertz CT molecular complexity index is 742. The Labute approximate surface area is 145 Å². The fourth-order valence-corrected chi connectivity index (χ4v) is 2.92. The molecule has 1 fully saturated rings. The lowest BCUT2D eigenvalue weighted by molar-refractivity contribution is -0.125. The highest BCUT2D eigenvalue weighted by Crippen LogP contribution is 2.21. The molecule has 9 nitrogen and oxygen atoms in total. The first-order valence-electron chi connectivity index (χ1n) is 8.16. The van der Waals surface area contributed by atoms with E-state index < -0.39 is 6.04 Å². The molecule has 132 valence electrons. The molecule has 1 aliphatic heterocycles. The van der Waals surface area contributed by atoms with E-state index in [1.54, 1.807) is 29.2 Å². The number of hydrogen-bond donors (Lipinski definition) is 2. The first-order chi connectivity index (χ1) is 12.0. The monoisotopic (exact) mass is 343 g/mol. The fraction of sp³-hybridized carbons (Fsp3) is 0.438. The zero-order chi connectivity index (χ0) is 18.0. The molecular formula is C16H21N7O2. The van der Waals surface area contributed by atoms with Crippen molar-refractivity contribution in [1.29, 1.82) is 0 Å². The summed E-state index contributed by atoms with van der Waals surface area (Å²) in [6, 6.07) is 6.17. The first kappa shape index (κ1) is 17.0. The summed E-state index contributed by atoms with van der Waals surface area (Å²) < 4.78 is 1.50. The van der Waals surface area contributed by atoms with Gasteiger partial charge in [0, 0.05) is 24.2 Å². The third-order valence-corrected chi connectivity index (χ3v) is 4.06. The number of rotatable bonds is 4. The Balaban J connectivity index is 1.77. The Morgan fingerprint density at radius 1 is 1.28 bits per heavy atom. The molecule has 0 bridgehead atoms. The van der Waals surface area contributed by atoms with Crippen LogP contribution in [-0.4, -0.2) is 61.6 Å². The van der Waals surface area contributed by atoms with Crippen LogP contribution in [0.1, 0.15) is 30.6 Å². The highest BCUT2D eigenvalue weighted by molar-refractivity contribution is 5.98. The van der Waals surface area contributed by atoms with E-state index in [1.165, 1.54) is 11.0 Å². The molecule has 1 aliphatic rings. The number of hydrogen-bond acceptors (Lipinski definition) is 6. The van der Waals surface area contributed by atoms with Crippen molar-refractivity contribution in [3.8, 4) is 5.69 Å². The maximum atomic E-state index is 12.8. The summed E-state index contributed by atoms with van der Waals surface area (Å²) in [5, 5.41) is 13.8. The molecule has 0 aliphatic carbocycles. The van der Waals surface area contributed by atoms with E-state index in [1.807, 2.05) is 13.8 Å². The Morgan fingerprint density at radius 3 is 2.60 bits per heavy atom. The molecular weight excluding hydrogens is 322 g/mol. The van der Waals surface area contributed by atoms with Gasteiger partial charge in [-0.3, -0.25) is 9.59 Å². The average Bonchev–Trinajstić information content (AvgIpc) is 3.23. The minimum atomic E-state index is -0.538. The molecule has 0 unspecified atom stereocenters. The number of nitrogens with zero attached hydrogens (tertiary/aromatic N) is 5. The molecule has 2 aromatic rings. The van der Waals surface area contributed by atoms with Crippen LogP contribution in [0.4, 0.5) is 0 Å². The highest BCUT2D eigenvalue weighted by atomic mass is 16.2. The van der Waals surface area contributed by atoms with Crippen molar-refractivity contribution >= 4 is 11.8 Å². The van der Waals surface area contributed by atoms with Gasteiger partial charge in [0.15, 0.2) is 0 Å². The van der Waals surface area contributed by atoms with Crippen LogP contribution in [0.15, 0.2) is 30.6 Å². The standard InChI is InChI=1S/C16H21N7O2/c1-10(2)19-15(24)14-7-12(17)8-22(14)16(25)11-3-5-13(6-4-11)23-9-18-20-21-23/h3-6,9-10,12,14H,7-8,17H2,1-2H3,(H,19,24)/t12-,14-/m0/s1. The lowest BCUT2D eigenvalue weighted by Crippen LogP contribution is -2.47. The molecule has 9 heteroatoms. The number of carbonyl (C=O) groups excluding carboxylic acids is 2. The second-order valence-electron chi connectivity index (χ2n) is 6.43. The zero-order valence-electron chi connectivity index (χ0n) is 14.2. The molecule has 0 radical (unpaired) electrons. The van der Waals surface area contributed by atoms with Gasteiger partial charge in [-0.2, -0.15) is 0 Å². The van der Waals surface area contributed by atoms with Gasteiger partial charge < -0.3 is 16.0 Å². The first-order valence-corrected chi connectivity index (χ1v) is 8.16. The maximum Gasteiger partial charge on any atom is 0.254 e. The van der Waals surface area contributed by atoms with Crippen molar-refractivity contribution in [2.45, 2.75) is 38.4 Å². The number of amides is 2. The van der Waals surface area contributed by atoms with Crippen molar-refractivity contribution in [2.75, 3.05) is 6.54 Å². The van der Waals surface area contributed by atoms with Crippen LogP contribution >= 0.6 is 0 Å². The summed E-state index contributed by atoms with van der Waals surface area (Å²) >= 11 is 0. The van der Waals surface area contributed by atoms with Crippen molar-refractivity contribution in [2.24, 2.45) is 5.73 Å². The summed E-state index contributed by atoms with van der Waals surface area (Å²) in [4.78, 5) is 26.8. The third kappa shape index (κ3) is 3.66. The SMILES string of the molecule is CC(C)NC(=O)[C@@H]1C[C@H](N)CN1C(=O)c1ccc(-n2cnnn2)cc1. The van der Waals surface area contributed by atoms with E-state index in [2.05, 4.69) is 20.8 Å². The summed E-state index contributed by atoms with van der Waals surface area (Å²) in [7, 11) is 0. The van der Waals surface area contributed by atoms with Crippen LogP contribution in [0, 0.1) is 0 Å². The molecule has 1 aromatic carbocycles. The highest BCUT2D eigenvalue weighted by Gasteiger charge is 2.38. The van der Waals surface area contributed by atoms with Crippen LogP contribution in [0.3, 0.4) is 0 Å². The van der Waals surface area contributed by atoms with Crippen LogP contribution in [-0.2, 0) is 4.79 Å². The summed E-state index contributed by atoms with van der Waals surface area (Å²) in [6.07, 6.45) is 1.94. The van der Waals surface area contributed by atoms with E-state index in [-0.39, 0.29) is 23.9 Å². The van der Waals surface area contributed by atoms with E-state index in [4.69, 9.17) is 5.73 Å². The number of carbonyl (C=O) groups is 2. The molecule has 0 spiro atoms. The van der Waals surface area contributed by atoms with Crippen LogP contribution in [0.5, 0.6) is 0 Å². The normalized spacial score (nSPS) is 20.1. The number of benzene rings is 1. The van der Waals surface area contributed by atoms with Gasteiger partial charge in [-0.05, 0) is 55.0 Å². The Morgan fingerprint density at radius 2 is 2.00 bits per heavy atom.